The molecule has 2 unspecified atom stereocenters. The molecule has 18 rings (SSSR count). The van der Waals surface area contributed by atoms with Gasteiger partial charge in [-0.05, 0) is 215 Å². The third-order valence-corrected chi connectivity index (χ3v) is 21.5. The number of fused-ring (bicyclic) bond motifs is 4. The Morgan fingerprint density at radius 1 is 0.476 bits per heavy atom. The molecule has 0 bridgehead atoms. The normalized spacial score (nSPS) is 20.6. The van der Waals surface area contributed by atoms with Crippen molar-refractivity contribution in [3.63, 3.8) is 0 Å². The van der Waals surface area contributed by atoms with Crippen LogP contribution in [0.4, 0.5) is 36.3 Å². The molecule has 6 aromatic heterocycles. The predicted molar refractivity (Wildman–Crippen MR) is 387 cm³/mol. The number of halogens is 3. The number of carbonyl (C=O) groups is 6. The van der Waals surface area contributed by atoms with Crippen LogP contribution < -0.4 is 36.0 Å². The first-order valence-electron chi connectivity index (χ1n) is 36.3. The molecule has 105 heavy (non-hydrogen) atoms. The van der Waals surface area contributed by atoms with Crippen molar-refractivity contribution in [2.75, 3.05) is 59.3 Å². The van der Waals surface area contributed by atoms with Gasteiger partial charge in [-0.25, -0.2) is 37.7 Å². The Balaban J connectivity index is 0.000000134. The van der Waals surface area contributed by atoms with Gasteiger partial charge in [0, 0.05) is 75.0 Å². The number of rotatable bonds is 13. The summed E-state index contributed by atoms with van der Waals surface area (Å²) in [6, 6.07) is 43.4. The third-order valence-electron chi connectivity index (χ3n) is 21.5. The van der Waals surface area contributed by atoms with Gasteiger partial charge in [0.2, 0.25) is 29.6 Å². The van der Waals surface area contributed by atoms with Crippen LogP contribution >= 0.6 is 0 Å². The first-order chi connectivity index (χ1) is 51.2. The molecule has 26 heteroatoms. The number of imide groups is 2. The van der Waals surface area contributed by atoms with Crippen LogP contribution in [0.1, 0.15) is 138 Å². The molecule has 6 amide bonds. The van der Waals surface area contributed by atoms with Crippen molar-refractivity contribution in [1.82, 2.24) is 64.9 Å². The standard InChI is InChI=1S/C40H39FN8O3.C21H17F2N5.C18H22N4O3/c41-29-5-1-4-27(22-29)32-7-3-17-47(32)37-13-12-35-42-23-34(49(35)45-37)31-6-2-8-36(43-31)46-18-15-25(16-19-46)20-26-9-10-28-24-48(40(52)30(28)21-26)33-11-14-38(50)44-39(33)51;22-15-5-1-4-14(12-15)17-7-3-11-27(17)21-10-9-20-24-13-18(28(20)26-21)16-6-2-8-19(23)25-16;23-16-4-3-15(17(24)21-16)22-10-11-9-13(1-2-14(11)18(22)25)20-12-5-7-19-8-6-12/h1-2,4-6,8-10,12-13,21-23,25,32-33H,3,7,11,14-20,24H2,(H,44,50,51);1-2,4-6,8-10,12-13,17H,3,7,11H2;1-2,9,12,15,19-20H,3-8,10H2,(H,21,23,24)/t32-,33?;17-;/m11./s1. The van der Waals surface area contributed by atoms with Gasteiger partial charge < -0.3 is 35.1 Å². The third kappa shape index (κ3) is 14.3. The van der Waals surface area contributed by atoms with E-state index in [1.807, 2.05) is 89.6 Å². The van der Waals surface area contributed by atoms with Gasteiger partial charge in [0.25, 0.3) is 11.8 Å². The van der Waals surface area contributed by atoms with Crippen molar-refractivity contribution in [1.29, 1.82) is 0 Å². The molecule has 536 valence electrons. The first kappa shape index (κ1) is 68.0. The number of imidazole rings is 2. The summed E-state index contributed by atoms with van der Waals surface area (Å²) in [7, 11) is 0. The molecule has 23 nitrogen and oxygen atoms in total. The summed E-state index contributed by atoms with van der Waals surface area (Å²) in [5.41, 5.74) is 11.4. The number of carbonyl (C=O) groups excluding carboxylic acids is 6. The number of amides is 6. The Morgan fingerprint density at radius 3 is 1.62 bits per heavy atom. The van der Waals surface area contributed by atoms with Gasteiger partial charge in [0.1, 0.15) is 52.6 Å². The number of nitrogens with zero attached hydrogens (tertiary/aromatic N) is 13. The summed E-state index contributed by atoms with van der Waals surface area (Å²) in [6.07, 6.45) is 13.7. The lowest BCUT2D eigenvalue weighted by molar-refractivity contribution is -0.138. The van der Waals surface area contributed by atoms with E-state index in [1.54, 1.807) is 56.9 Å². The topological polar surface area (TPSA) is 253 Å². The fourth-order valence-electron chi connectivity index (χ4n) is 16.2. The summed E-state index contributed by atoms with van der Waals surface area (Å²) >= 11 is 0. The molecule has 14 heterocycles. The summed E-state index contributed by atoms with van der Waals surface area (Å²) < 4.78 is 44.9. The lowest BCUT2D eigenvalue weighted by Gasteiger charge is -2.33. The monoisotopic (exact) mass is 1420 g/mol. The fraction of sp³-hybridized carbons (Fsp3) is 0.342. The number of hydrogen-bond acceptors (Lipinski definition) is 17. The lowest BCUT2D eigenvalue weighted by atomic mass is 9.89. The lowest BCUT2D eigenvalue weighted by Crippen LogP contribution is -2.52. The van der Waals surface area contributed by atoms with Crippen molar-refractivity contribution >= 4 is 69.9 Å². The number of piperidine rings is 4. The largest absolute Gasteiger partial charge is 0.382 e. The van der Waals surface area contributed by atoms with Crippen LogP contribution in [0, 0.1) is 23.5 Å². The highest BCUT2D eigenvalue weighted by atomic mass is 19.1. The van der Waals surface area contributed by atoms with Gasteiger partial charge in [0.15, 0.2) is 11.3 Å². The van der Waals surface area contributed by atoms with Gasteiger partial charge in [-0.15, -0.1) is 10.2 Å². The molecule has 0 aliphatic carbocycles. The maximum absolute atomic E-state index is 14.1. The van der Waals surface area contributed by atoms with Crippen LogP contribution in [0.3, 0.4) is 0 Å². The Hall–Kier alpha value is -11.4. The van der Waals surface area contributed by atoms with E-state index in [2.05, 4.69) is 63.1 Å². The van der Waals surface area contributed by atoms with Crippen LogP contribution in [-0.4, -0.2) is 142 Å². The van der Waals surface area contributed by atoms with E-state index in [0.717, 1.165) is 165 Å². The molecule has 0 saturated carbocycles. The number of pyridine rings is 2. The highest BCUT2D eigenvalue weighted by molar-refractivity contribution is 6.06. The van der Waals surface area contributed by atoms with E-state index < -0.39 is 18.0 Å². The Bertz CT molecular complexity index is 5020. The van der Waals surface area contributed by atoms with E-state index in [1.165, 1.54) is 18.2 Å². The van der Waals surface area contributed by atoms with Crippen LogP contribution in [0.15, 0.2) is 158 Å². The molecule has 4 atom stereocenters. The van der Waals surface area contributed by atoms with E-state index in [0.29, 0.717) is 66.1 Å². The summed E-state index contributed by atoms with van der Waals surface area (Å²) in [6.45, 7) is 6.29. The summed E-state index contributed by atoms with van der Waals surface area (Å²) in [4.78, 5) is 101. The molecule has 4 N–H and O–H groups in total. The van der Waals surface area contributed by atoms with E-state index in [9.17, 15) is 41.9 Å². The van der Waals surface area contributed by atoms with E-state index >= 15 is 0 Å². The molecule has 10 aromatic rings. The zero-order valence-corrected chi connectivity index (χ0v) is 57.7. The van der Waals surface area contributed by atoms with E-state index in [-0.39, 0.29) is 72.0 Å². The number of nitrogens with one attached hydrogen (secondary N) is 4. The van der Waals surface area contributed by atoms with Gasteiger partial charge in [0.05, 0.1) is 35.9 Å². The minimum absolute atomic E-state index is 0.0672. The van der Waals surface area contributed by atoms with Crippen molar-refractivity contribution in [2.45, 2.75) is 127 Å². The second-order valence-electron chi connectivity index (χ2n) is 28.2. The van der Waals surface area contributed by atoms with Crippen LogP contribution in [0.2, 0.25) is 0 Å². The number of aromatic nitrogens is 8. The molecular weight excluding hydrogens is 1340 g/mol. The van der Waals surface area contributed by atoms with Gasteiger partial charge in [-0.3, -0.25) is 39.4 Å². The SMILES string of the molecule is Fc1cccc([C@H]2CCCN2c2ccc3ncc(-c4cccc(F)n4)n3n2)c1.O=C1CCC(N2Cc3cc(NC4CCNCC4)ccc3C2=O)C(=O)N1.O=C1CCC(N2Cc3ccc(CC4CCN(c5cccc(-c6cnc7ccc(N8CCC[C@@H]8c8cccc(F)c8)nn67)n5)CC4)cc3C2=O)C(=O)N1. The fourth-order valence-corrected chi connectivity index (χ4v) is 16.2. The maximum Gasteiger partial charge on any atom is 0.255 e. The average Bonchev–Trinajstić information content (AvgIpc) is 1.65. The van der Waals surface area contributed by atoms with Gasteiger partial charge in [-0.1, -0.05) is 48.5 Å². The number of benzene rings is 4. The molecule has 8 aliphatic rings. The Labute approximate surface area is 603 Å². The van der Waals surface area contributed by atoms with Crippen LogP contribution in [0.5, 0.6) is 0 Å². The Kier molecular flexibility index (Phi) is 19.0. The number of anilines is 4. The smallest absolute Gasteiger partial charge is 0.255 e. The van der Waals surface area contributed by atoms with Gasteiger partial charge >= 0.3 is 0 Å². The van der Waals surface area contributed by atoms with Crippen LogP contribution in [0.25, 0.3) is 34.1 Å². The zero-order chi connectivity index (χ0) is 71.8. The van der Waals surface area contributed by atoms with E-state index in [4.69, 9.17) is 15.2 Å². The maximum atomic E-state index is 14.1. The minimum Gasteiger partial charge on any atom is -0.382 e. The highest BCUT2D eigenvalue weighted by Gasteiger charge is 2.41. The van der Waals surface area contributed by atoms with Crippen molar-refractivity contribution < 1.29 is 41.9 Å². The summed E-state index contributed by atoms with van der Waals surface area (Å²) in [5, 5.41) is 21.4. The zero-order valence-electron chi connectivity index (χ0n) is 57.7. The molecule has 8 aliphatic heterocycles. The predicted octanol–water partition coefficient (Wildman–Crippen LogP) is 10.5. The second kappa shape index (κ2) is 29.4. The van der Waals surface area contributed by atoms with Crippen LogP contribution in [-0.2, 0) is 38.7 Å². The molecule has 6 fully saturated rings. The molecule has 4 aromatic carbocycles. The molecular formula is C79H78F3N17O6. The Morgan fingerprint density at radius 2 is 1.04 bits per heavy atom. The first-order valence-corrected chi connectivity index (χ1v) is 36.3. The molecule has 6 saturated heterocycles. The highest BCUT2D eigenvalue weighted by Crippen LogP contribution is 2.39. The molecule has 0 radical (unpaired) electrons. The quantitative estimate of drug-likeness (QED) is 0.0618. The van der Waals surface area contributed by atoms with Crippen molar-refractivity contribution in [3.8, 4) is 22.8 Å². The molecule has 0 spiro atoms. The minimum atomic E-state index is -0.602. The summed E-state index contributed by atoms with van der Waals surface area (Å²) in [5.74, 6) is 0.434. The van der Waals surface area contributed by atoms with Crippen molar-refractivity contribution in [2.24, 2.45) is 5.92 Å². The second-order valence-corrected chi connectivity index (χ2v) is 28.2. The number of hydrogen-bond donors (Lipinski definition) is 4. The van der Waals surface area contributed by atoms with Gasteiger partial charge in [-0.2, -0.15) is 4.39 Å². The average molecular weight is 1420 g/mol. The van der Waals surface area contributed by atoms with Crippen molar-refractivity contribution in [3.05, 3.63) is 215 Å².